The van der Waals surface area contributed by atoms with Crippen LogP contribution in [-0.2, 0) is 6.54 Å². The summed E-state index contributed by atoms with van der Waals surface area (Å²) in [6.45, 7) is 4.60. The molecule has 0 unspecified atom stereocenters. The molecule has 1 aromatic carbocycles. The largest absolute Gasteiger partial charge is 0.331 e. The standard InChI is InChI=1S/C19H23ClN4O/c20-16-6-4-5-15(9-16)19(25)23-12-17-10-21-14-24(17)18(13-23)11-22-7-2-1-3-8-22/h4-6,9-10,14,18H,1-3,7-8,11-13H2/t18-/m0/s1. The molecule has 1 fully saturated rings. The Morgan fingerprint density at radius 3 is 2.88 bits per heavy atom. The Morgan fingerprint density at radius 1 is 1.24 bits per heavy atom. The third-order valence-electron chi connectivity index (χ3n) is 5.20. The van der Waals surface area contributed by atoms with E-state index in [0.717, 1.165) is 25.3 Å². The molecule has 0 bridgehead atoms. The van der Waals surface area contributed by atoms with Gasteiger partial charge in [-0.25, -0.2) is 4.98 Å². The van der Waals surface area contributed by atoms with E-state index in [4.69, 9.17) is 11.6 Å². The number of likely N-dealkylation sites (tertiary alicyclic amines) is 1. The van der Waals surface area contributed by atoms with Crippen molar-refractivity contribution in [2.24, 2.45) is 0 Å². The van der Waals surface area contributed by atoms with Gasteiger partial charge in [-0.2, -0.15) is 0 Å². The SMILES string of the molecule is O=C(c1cccc(Cl)c1)N1Cc2cncn2[C@@H](CN2CCCCC2)C1. The van der Waals surface area contributed by atoms with Crippen LogP contribution in [0, 0.1) is 0 Å². The number of fused-ring (bicyclic) bond motifs is 1. The number of nitrogens with zero attached hydrogens (tertiary/aromatic N) is 4. The van der Waals surface area contributed by atoms with Crippen LogP contribution in [0.15, 0.2) is 36.8 Å². The quantitative estimate of drug-likeness (QED) is 0.846. The number of aromatic nitrogens is 2. The van der Waals surface area contributed by atoms with Crippen molar-refractivity contribution in [3.63, 3.8) is 0 Å². The molecule has 0 radical (unpaired) electrons. The fraction of sp³-hybridized carbons (Fsp3) is 0.474. The molecule has 25 heavy (non-hydrogen) atoms. The molecule has 0 spiro atoms. The Hall–Kier alpha value is -1.85. The van der Waals surface area contributed by atoms with Crippen LogP contribution in [0.25, 0.3) is 0 Å². The predicted octanol–water partition coefficient (Wildman–Crippen LogP) is 3.22. The van der Waals surface area contributed by atoms with Crippen LogP contribution in [0.5, 0.6) is 0 Å². The topological polar surface area (TPSA) is 41.4 Å². The maximum absolute atomic E-state index is 12.9. The monoisotopic (exact) mass is 358 g/mol. The summed E-state index contributed by atoms with van der Waals surface area (Å²) in [4.78, 5) is 21.7. The Kier molecular flexibility index (Phi) is 4.77. The van der Waals surface area contributed by atoms with Crippen LogP contribution in [0.4, 0.5) is 0 Å². The van der Waals surface area contributed by atoms with Crippen LogP contribution < -0.4 is 0 Å². The lowest BCUT2D eigenvalue weighted by atomic mass is 10.1. The van der Waals surface area contributed by atoms with E-state index in [1.165, 1.54) is 19.3 Å². The number of carbonyl (C=O) groups excluding carboxylic acids is 1. The zero-order valence-corrected chi connectivity index (χ0v) is 15.0. The van der Waals surface area contributed by atoms with Gasteiger partial charge in [-0.15, -0.1) is 0 Å². The third kappa shape index (κ3) is 3.58. The average Bonchev–Trinajstić information content (AvgIpc) is 3.11. The second kappa shape index (κ2) is 7.18. The molecular formula is C19H23ClN4O. The van der Waals surface area contributed by atoms with E-state index in [0.29, 0.717) is 23.7 Å². The van der Waals surface area contributed by atoms with Crippen LogP contribution in [-0.4, -0.2) is 51.4 Å². The van der Waals surface area contributed by atoms with E-state index in [1.54, 1.807) is 12.1 Å². The zero-order valence-electron chi connectivity index (χ0n) is 14.3. The first-order valence-electron chi connectivity index (χ1n) is 8.98. The smallest absolute Gasteiger partial charge is 0.254 e. The van der Waals surface area contributed by atoms with Crippen molar-refractivity contribution in [2.45, 2.75) is 31.8 Å². The van der Waals surface area contributed by atoms with E-state index >= 15 is 0 Å². The van der Waals surface area contributed by atoms with Gasteiger partial charge in [0.15, 0.2) is 0 Å². The lowest BCUT2D eigenvalue weighted by Crippen LogP contribution is -2.45. The summed E-state index contributed by atoms with van der Waals surface area (Å²) in [6.07, 6.45) is 7.66. The number of benzene rings is 1. The van der Waals surface area contributed by atoms with E-state index in [2.05, 4.69) is 14.5 Å². The number of imidazole rings is 1. The van der Waals surface area contributed by atoms with Gasteiger partial charge in [0.05, 0.1) is 24.6 Å². The van der Waals surface area contributed by atoms with Crippen molar-refractivity contribution in [2.75, 3.05) is 26.2 Å². The Balaban J connectivity index is 1.54. The molecule has 2 aliphatic rings. The van der Waals surface area contributed by atoms with Gasteiger partial charge < -0.3 is 14.4 Å². The van der Waals surface area contributed by atoms with E-state index < -0.39 is 0 Å². The van der Waals surface area contributed by atoms with Gasteiger partial charge in [-0.3, -0.25) is 4.79 Å². The summed E-state index contributed by atoms with van der Waals surface area (Å²) in [5.74, 6) is 0.0404. The highest BCUT2D eigenvalue weighted by Crippen LogP contribution is 2.25. The Bertz CT molecular complexity index is 753. The van der Waals surface area contributed by atoms with Crippen molar-refractivity contribution < 1.29 is 4.79 Å². The third-order valence-corrected chi connectivity index (χ3v) is 5.44. The summed E-state index contributed by atoms with van der Waals surface area (Å²) in [7, 11) is 0. The summed E-state index contributed by atoms with van der Waals surface area (Å²) < 4.78 is 2.25. The number of carbonyl (C=O) groups is 1. The Morgan fingerprint density at radius 2 is 2.08 bits per heavy atom. The molecule has 1 amide bonds. The van der Waals surface area contributed by atoms with Crippen LogP contribution in [0.3, 0.4) is 0 Å². The second-order valence-electron chi connectivity index (χ2n) is 7.00. The maximum Gasteiger partial charge on any atom is 0.254 e. The average molecular weight is 359 g/mol. The summed E-state index contributed by atoms with van der Waals surface area (Å²) in [5.41, 5.74) is 1.75. The van der Waals surface area contributed by atoms with Crippen molar-refractivity contribution in [1.82, 2.24) is 19.4 Å². The molecule has 3 heterocycles. The van der Waals surface area contributed by atoms with Crippen molar-refractivity contribution in [1.29, 1.82) is 0 Å². The first-order chi connectivity index (χ1) is 12.2. The van der Waals surface area contributed by atoms with Gasteiger partial charge in [-0.05, 0) is 44.1 Å². The van der Waals surface area contributed by atoms with E-state index in [1.807, 2.05) is 29.6 Å². The summed E-state index contributed by atoms with van der Waals surface area (Å²) in [6, 6.07) is 7.46. The number of halogens is 1. The summed E-state index contributed by atoms with van der Waals surface area (Å²) in [5, 5.41) is 0.595. The number of hydrogen-bond donors (Lipinski definition) is 0. The molecule has 1 aromatic heterocycles. The lowest BCUT2D eigenvalue weighted by molar-refractivity contribution is 0.0645. The molecule has 0 saturated carbocycles. The molecule has 0 N–H and O–H groups in total. The minimum atomic E-state index is 0.0404. The number of rotatable bonds is 3. The van der Waals surface area contributed by atoms with Crippen LogP contribution in [0.1, 0.15) is 41.4 Å². The molecular weight excluding hydrogens is 336 g/mol. The first kappa shape index (κ1) is 16.6. The van der Waals surface area contributed by atoms with Gasteiger partial charge in [0.1, 0.15) is 0 Å². The molecule has 132 valence electrons. The fourth-order valence-electron chi connectivity index (χ4n) is 3.93. The van der Waals surface area contributed by atoms with E-state index in [9.17, 15) is 4.79 Å². The van der Waals surface area contributed by atoms with Gasteiger partial charge in [0, 0.05) is 29.9 Å². The molecule has 4 rings (SSSR count). The van der Waals surface area contributed by atoms with Gasteiger partial charge in [-0.1, -0.05) is 24.1 Å². The molecule has 2 aliphatic heterocycles. The van der Waals surface area contributed by atoms with Crippen molar-refractivity contribution in [3.8, 4) is 0 Å². The van der Waals surface area contributed by atoms with Crippen LogP contribution in [0.2, 0.25) is 5.02 Å². The molecule has 2 aromatic rings. The molecule has 5 nitrogen and oxygen atoms in total. The van der Waals surface area contributed by atoms with Gasteiger partial charge in [0.25, 0.3) is 5.91 Å². The Labute approximate surface area is 153 Å². The highest BCUT2D eigenvalue weighted by molar-refractivity contribution is 6.30. The molecule has 0 aliphatic carbocycles. The second-order valence-corrected chi connectivity index (χ2v) is 7.44. The first-order valence-corrected chi connectivity index (χ1v) is 9.36. The zero-order chi connectivity index (χ0) is 17.2. The van der Waals surface area contributed by atoms with E-state index in [-0.39, 0.29) is 11.9 Å². The maximum atomic E-state index is 12.9. The minimum absolute atomic E-state index is 0.0404. The predicted molar refractivity (Wildman–Crippen MR) is 97.7 cm³/mol. The fourth-order valence-corrected chi connectivity index (χ4v) is 4.12. The number of hydrogen-bond acceptors (Lipinski definition) is 3. The molecule has 1 saturated heterocycles. The molecule has 1 atom stereocenters. The van der Waals surface area contributed by atoms with Gasteiger partial charge in [0.2, 0.25) is 0 Å². The highest BCUT2D eigenvalue weighted by atomic mass is 35.5. The molecule has 6 heteroatoms. The highest BCUT2D eigenvalue weighted by Gasteiger charge is 2.30. The normalized spacial score (nSPS) is 21.2. The number of piperidine rings is 1. The van der Waals surface area contributed by atoms with Crippen LogP contribution >= 0.6 is 11.6 Å². The lowest BCUT2D eigenvalue weighted by Gasteiger charge is -2.38. The van der Waals surface area contributed by atoms with Crippen molar-refractivity contribution in [3.05, 3.63) is 53.1 Å². The minimum Gasteiger partial charge on any atom is -0.331 e. The number of amides is 1. The van der Waals surface area contributed by atoms with Gasteiger partial charge >= 0.3 is 0 Å². The summed E-state index contributed by atoms with van der Waals surface area (Å²) >= 11 is 6.06. The van der Waals surface area contributed by atoms with Crippen molar-refractivity contribution >= 4 is 17.5 Å².